The average Bonchev–Trinajstić information content (AvgIpc) is 3.19. The molecule has 0 aliphatic heterocycles. The van der Waals surface area contributed by atoms with Crippen LogP contribution in [0.5, 0.6) is 5.75 Å². The van der Waals surface area contributed by atoms with Crippen molar-refractivity contribution in [2.24, 2.45) is 0 Å². The van der Waals surface area contributed by atoms with E-state index in [1.807, 2.05) is 35.8 Å². The van der Waals surface area contributed by atoms with Crippen LogP contribution >= 0.6 is 23.3 Å². The van der Waals surface area contributed by atoms with Gasteiger partial charge in [-0.25, -0.2) is 4.98 Å². The molecule has 0 aliphatic rings. The number of methoxy groups -OCH3 is 1. The van der Waals surface area contributed by atoms with Crippen LogP contribution < -0.4 is 9.46 Å². The Morgan fingerprint density at radius 1 is 1.00 bits per heavy atom. The highest BCUT2D eigenvalue weighted by molar-refractivity contribution is 8.00. The standard InChI is InChI=1S/C19H15N3OS2/c1-23-18-5-3-2-4-16(18)14-8-9-20-17-12-13(6-7-15(14)17)25-22-19-21-10-11-24-19/h2-12H,1H3,(H,21,22). The smallest absolute Gasteiger partial charge is 0.192 e. The second kappa shape index (κ2) is 7.13. The summed E-state index contributed by atoms with van der Waals surface area (Å²) in [6, 6.07) is 16.4. The fraction of sp³-hybridized carbons (Fsp3) is 0.0526. The van der Waals surface area contributed by atoms with Gasteiger partial charge >= 0.3 is 0 Å². The van der Waals surface area contributed by atoms with Gasteiger partial charge in [0.2, 0.25) is 0 Å². The van der Waals surface area contributed by atoms with E-state index in [9.17, 15) is 0 Å². The first-order valence-electron chi connectivity index (χ1n) is 7.69. The maximum atomic E-state index is 5.51. The highest BCUT2D eigenvalue weighted by Gasteiger charge is 2.10. The molecule has 0 fully saturated rings. The fourth-order valence-electron chi connectivity index (χ4n) is 2.67. The lowest BCUT2D eigenvalue weighted by Gasteiger charge is -2.11. The minimum absolute atomic E-state index is 0.860. The number of ether oxygens (including phenoxy) is 1. The van der Waals surface area contributed by atoms with Crippen molar-refractivity contribution in [2.45, 2.75) is 4.90 Å². The summed E-state index contributed by atoms with van der Waals surface area (Å²) in [5.74, 6) is 0.860. The Hall–Kier alpha value is -2.57. The number of thiazole rings is 1. The number of nitrogens with one attached hydrogen (secondary N) is 1. The number of rotatable bonds is 5. The largest absolute Gasteiger partial charge is 0.496 e. The molecule has 0 bridgehead atoms. The normalized spacial score (nSPS) is 10.8. The number of fused-ring (bicyclic) bond motifs is 1. The molecule has 4 nitrogen and oxygen atoms in total. The van der Waals surface area contributed by atoms with Crippen molar-refractivity contribution < 1.29 is 4.74 Å². The van der Waals surface area contributed by atoms with Crippen molar-refractivity contribution in [1.82, 2.24) is 9.97 Å². The van der Waals surface area contributed by atoms with Crippen LogP contribution in [-0.4, -0.2) is 17.1 Å². The third kappa shape index (κ3) is 3.31. The summed E-state index contributed by atoms with van der Waals surface area (Å²) in [6.45, 7) is 0. The SMILES string of the molecule is COc1ccccc1-c1ccnc2cc(SNc3nccs3)ccc12. The summed E-state index contributed by atoms with van der Waals surface area (Å²) >= 11 is 3.11. The zero-order valence-electron chi connectivity index (χ0n) is 13.5. The van der Waals surface area contributed by atoms with Crippen molar-refractivity contribution in [3.63, 3.8) is 0 Å². The Labute approximate surface area is 154 Å². The third-order valence-electron chi connectivity index (χ3n) is 3.80. The highest BCUT2D eigenvalue weighted by Crippen LogP contribution is 2.35. The van der Waals surface area contributed by atoms with Crippen molar-refractivity contribution in [2.75, 3.05) is 11.8 Å². The van der Waals surface area contributed by atoms with E-state index in [2.05, 4.69) is 39.0 Å². The van der Waals surface area contributed by atoms with Crippen LogP contribution in [0.15, 0.2) is 71.2 Å². The molecule has 0 unspecified atom stereocenters. The van der Waals surface area contributed by atoms with Crippen molar-refractivity contribution in [3.8, 4) is 16.9 Å². The molecule has 0 aliphatic carbocycles. The minimum atomic E-state index is 0.860. The van der Waals surface area contributed by atoms with Crippen molar-refractivity contribution in [3.05, 3.63) is 66.3 Å². The van der Waals surface area contributed by atoms with Gasteiger partial charge in [0.1, 0.15) is 5.75 Å². The minimum Gasteiger partial charge on any atom is -0.496 e. The van der Waals surface area contributed by atoms with Gasteiger partial charge in [-0.3, -0.25) is 4.98 Å². The van der Waals surface area contributed by atoms with E-state index >= 15 is 0 Å². The first kappa shape index (κ1) is 15.9. The lowest BCUT2D eigenvalue weighted by atomic mass is 10.0. The summed E-state index contributed by atoms with van der Waals surface area (Å²) < 4.78 is 8.76. The van der Waals surface area contributed by atoms with E-state index in [-0.39, 0.29) is 0 Å². The predicted octanol–water partition coefficient (Wildman–Crippen LogP) is 5.49. The van der Waals surface area contributed by atoms with Gasteiger partial charge in [0.15, 0.2) is 5.13 Å². The number of nitrogens with zero attached hydrogens (tertiary/aromatic N) is 2. The molecule has 0 radical (unpaired) electrons. The topological polar surface area (TPSA) is 47.0 Å². The van der Waals surface area contributed by atoms with E-state index in [1.165, 1.54) is 11.9 Å². The van der Waals surface area contributed by atoms with E-state index < -0.39 is 0 Å². The molecule has 1 N–H and O–H groups in total. The number of anilines is 1. The molecule has 6 heteroatoms. The van der Waals surface area contributed by atoms with Gasteiger partial charge in [0.05, 0.1) is 12.6 Å². The molecular formula is C19H15N3OS2. The molecule has 0 atom stereocenters. The van der Waals surface area contributed by atoms with Crippen molar-refractivity contribution in [1.29, 1.82) is 0 Å². The van der Waals surface area contributed by atoms with Gasteiger partial charge in [-0.15, -0.1) is 11.3 Å². The van der Waals surface area contributed by atoms with Crippen LogP contribution in [0.25, 0.3) is 22.0 Å². The van der Waals surface area contributed by atoms with Crippen LogP contribution in [0.4, 0.5) is 5.13 Å². The molecule has 2 heterocycles. The third-order valence-corrected chi connectivity index (χ3v) is 5.40. The average molecular weight is 365 g/mol. The van der Waals surface area contributed by atoms with E-state index in [0.717, 1.165) is 37.8 Å². The monoisotopic (exact) mass is 365 g/mol. The van der Waals surface area contributed by atoms with Crippen LogP contribution in [-0.2, 0) is 0 Å². The quantitative estimate of drug-likeness (QED) is 0.474. The van der Waals surface area contributed by atoms with Gasteiger partial charge in [0.25, 0.3) is 0 Å². The Kier molecular flexibility index (Phi) is 4.54. The van der Waals surface area contributed by atoms with Crippen LogP contribution in [0.3, 0.4) is 0 Å². The molecule has 0 saturated carbocycles. The summed E-state index contributed by atoms with van der Waals surface area (Å²) in [4.78, 5) is 9.85. The fourth-order valence-corrected chi connectivity index (χ4v) is 3.92. The molecule has 0 amide bonds. The number of hydrogen-bond donors (Lipinski definition) is 1. The number of aromatic nitrogens is 2. The molecule has 2 aromatic carbocycles. The Morgan fingerprint density at radius 2 is 1.92 bits per heavy atom. The second-order valence-electron chi connectivity index (χ2n) is 5.28. The first-order chi connectivity index (χ1) is 12.3. The van der Waals surface area contributed by atoms with Gasteiger partial charge in [0, 0.05) is 33.6 Å². The lowest BCUT2D eigenvalue weighted by molar-refractivity contribution is 0.416. The molecule has 4 aromatic rings. The number of benzene rings is 2. The summed E-state index contributed by atoms with van der Waals surface area (Å²) in [5, 5.41) is 3.94. The predicted molar refractivity (Wildman–Crippen MR) is 105 cm³/mol. The van der Waals surface area contributed by atoms with E-state index in [0.29, 0.717) is 0 Å². The molecule has 4 rings (SSSR count). The maximum Gasteiger partial charge on any atom is 0.192 e. The van der Waals surface area contributed by atoms with Gasteiger partial charge < -0.3 is 9.46 Å². The Morgan fingerprint density at radius 3 is 2.76 bits per heavy atom. The number of pyridine rings is 1. The Balaban J connectivity index is 1.70. The van der Waals surface area contributed by atoms with Crippen LogP contribution in [0.2, 0.25) is 0 Å². The molecular weight excluding hydrogens is 350 g/mol. The number of para-hydroxylation sites is 1. The van der Waals surface area contributed by atoms with Crippen molar-refractivity contribution >= 4 is 39.3 Å². The van der Waals surface area contributed by atoms with E-state index in [1.54, 1.807) is 24.6 Å². The van der Waals surface area contributed by atoms with Crippen LogP contribution in [0, 0.1) is 0 Å². The first-order valence-corrected chi connectivity index (χ1v) is 9.39. The molecule has 0 spiro atoms. The zero-order valence-corrected chi connectivity index (χ0v) is 15.1. The number of hydrogen-bond acceptors (Lipinski definition) is 6. The molecule has 124 valence electrons. The summed E-state index contributed by atoms with van der Waals surface area (Å²) in [6.07, 6.45) is 3.63. The molecule has 0 saturated heterocycles. The van der Waals surface area contributed by atoms with Crippen LogP contribution in [0.1, 0.15) is 0 Å². The van der Waals surface area contributed by atoms with E-state index in [4.69, 9.17) is 4.74 Å². The van der Waals surface area contributed by atoms with Gasteiger partial charge in [-0.2, -0.15) is 0 Å². The highest BCUT2D eigenvalue weighted by atomic mass is 32.2. The zero-order chi connectivity index (χ0) is 17.1. The molecule has 25 heavy (non-hydrogen) atoms. The van der Waals surface area contributed by atoms with Gasteiger partial charge in [-0.05, 0) is 41.8 Å². The van der Waals surface area contributed by atoms with Gasteiger partial charge in [-0.1, -0.05) is 24.3 Å². The lowest BCUT2D eigenvalue weighted by Crippen LogP contribution is -1.90. The summed E-state index contributed by atoms with van der Waals surface area (Å²) in [5.41, 5.74) is 3.14. The molecule has 2 aromatic heterocycles. The Bertz CT molecular complexity index is 1000. The summed E-state index contributed by atoms with van der Waals surface area (Å²) in [7, 11) is 1.70. The second-order valence-corrected chi connectivity index (χ2v) is 7.05. The maximum absolute atomic E-state index is 5.51.